The van der Waals surface area contributed by atoms with Gasteiger partial charge in [0, 0.05) is 5.02 Å². The molecule has 0 heterocycles. The van der Waals surface area contributed by atoms with Crippen molar-refractivity contribution in [3.8, 4) is 0 Å². The largest absolute Gasteiger partial charge is 0.480 e. The highest BCUT2D eigenvalue weighted by Crippen LogP contribution is 2.30. The molecule has 0 saturated heterocycles. The Morgan fingerprint density at radius 1 is 1.26 bits per heavy atom. The summed E-state index contributed by atoms with van der Waals surface area (Å²) in [6.07, 6.45) is 0. The van der Waals surface area contributed by atoms with Gasteiger partial charge in [-0.25, -0.2) is 13.2 Å². The Hall–Kier alpha value is -1.35. The zero-order valence-electron chi connectivity index (χ0n) is 12.5. The van der Waals surface area contributed by atoms with Crippen molar-refractivity contribution in [3.63, 3.8) is 0 Å². The van der Waals surface area contributed by atoms with Crippen LogP contribution in [0.3, 0.4) is 0 Å². The number of benzene rings is 1. The molecule has 2 N–H and O–H groups in total. The lowest BCUT2D eigenvalue weighted by molar-refractivity contribution is -0.140. The first kappa shape index (κ1) is 19.7. The van der Waals surface area contributed by atoms with Crippen molar-refractivity contribution in [2.75, 3.05) is 7.11 Å². The fraction of sp³-hybridized carbons (Fsp3) is 0.385. The molecule has 23 heavy (non-hydrogen) atoms. The number of esters is 1. The van der Waals surface area contributed by atoms with Crippen molar-refractivity contribution in [1.29, 1.82) is 0 Å². The van der Waals surface area contributed by atoms with Gasteiger partial charge in [-0.1, -0.05) is 37.0 Å². The summed E-state index contributed by atoms with van der Waals surface area (Å²) in [5.74, 6) is -2.85. The molecule has 0 aliphatic heterocycles. The lowest BCUT2D eigenvalue weighted by Crippen LogP contribution is -2.44. The fourth-order valence-corrected chi connectivity index (χ4v) is 4.16. The van der Waals surface area contributed by atoms with E-state index in [-0.39, 0.29) is 15.6 Å². The van der Waals surface area contributed by atoms with E-state index < -0.39 is 38.8 Å². The Labute approximate surface area is 143 Å². The molecule has 0 amide bonds. The predicted molar refractivity (Wildman–Crippen MR) is 84.4 cm³/mol. The Balaban J connectivity index is 3.49. The highest BCUT2D eigenvalue weighted by molar-refractivity contribution is 7.89. The number of halogens is 2. The molecule has 0 aromatic heterocycles. The van der Waals surface area contributed by atoms with Crippen molar-refractivity contribution < 1.29 is 27.9 Å². The zero-order chi connectivity index (χ0) is 17.9. The van der Waals surface area contributed by atoms with Crippen LogP contribution in [0, 0.1) is 5.92 Å². The van der Waals surface area contributed by atoms with Gasteiger partial charge in [0.25, 0.3) is 0 Å². The van der Waals surface area contributed by atoms with Crippen LogP contribution >= 0.6 is 23.2 Å². The molecule has 0 aliphatic carbocycles. The number of carbonyl (C=O) groups excluding carboxylic acids is 1. The molecule has 0 spiro atoms. The normalized spacial score (nSPS) is 13.0. The highest BCUT2D eigenvalue weighted by atomic mass is 35.5. The lowest BCUT2D eigenvalue weighted by atomic mass is 10.1. The molecular weight excluding hydrogens is 369 g/mol. The van der Waals surface area contributed by atoms with E-state index in [1.54, 1.807) is 0 Å². The summed E-state index contributed by atoms with van der Waals surface area (Å²) in [5, 5.41) is 8.83. The average molecular weight is 384 g/mol. The summed E-state index contributed by atoms with van der Waals surface area (Å²) in [6.45, 7) is 3.07. The van der Waals surface area contributed by atoms with Crippen LogP contribution in [0.1, 0.15) is 24.2 Å². The number of carboxylic acid groups (broad SMARTS) is 1. The molecule has 0 fully saturated rings. The van der Waals surface area contributed by atoms with E-state index in [4.69, 9.17) is 28.3 Å². The van der Waals surface area contributed by atoms with Crippen LogP contribution in [-0.4, -0.2) is 38.6 Å². The minimum absolute atomic E-state index is 0.0352. The van der Waals surface area contributed by atoms with Gasteiger partial charge in [0.15, 0.2) is 0 Å². The maximum atomic E-state index is 12.5. The summed E-state index contributed by atoms with van der Waals surface area (Å²) < 4.78 is 31.6. The van der Waals surface area contributed by atoms with Crippen LogP contribution in [0.2, 0.25) is 10.0 Å². The number of sulfonamides is 1. The molecule has 0 radical (unpaired) electrons. The topological polar surface area (TPSA) is 110 Å². The molecule has 7 nitrogen and oxygen atoms in total. The van der Waals surface area contributed by atoms with Crippen molar-refractivity contribution in [2.24, 2.45) is 5.92 Å². The quantitative estimate of drug-likeness (QED) is 0.728. The number of carboxylic acids is 1. The van der Waals surface area contributed by atoms with E-state index in [0.717, 1.165) is 19.2 Å². The molecule has 1 rings (SSSR count). The van der Waals surface area contributed by atoms with Crippen LogP contribution < -0.4 is 4.72 Å². The smallest absolute Gasteiger partial charge is 0.339 e. The number of rotatable bonds is 6. The molecule has 0 unspecified atom stereocenters. The first-order valence-corrected chi connectivity index (χ1v) is 8.57. The van der Waals surface area contributed by atoms with Crippen LogP contribution in [0.15, 0.2) is 17.0 Å². The summed E-state index contributed by atoms with van der Waals surface area (Å²) in [5.41, 5.74) is -0.384. The summed E-state index contributed by atoms with van der Waals surface area (Å²) in [4.78, 5) is 22.4. The third-order valence-electron chi connectivity index (χ3n) is 2.90. The van der Waals surface area contributed by atoms with Gasteiger partial charge in [0.2, 0.25) is 10.0 Å². The van der Waals surface area contributed by atoms with Gasteiger partial charge in [-0.05, 0) is 18.1 Å². The minimum atomic E-state index is -4.40. The van der Waals surface area contributed by atoms with Gasteiger partial charge >= 0.3 is 11.9 Å². The number of hydrogen-bond acceptors (Lipinski definition) is 5. The second-order valence-corrected chi connectivity index (χ2v) is 7.43. The Bertz CT molecular complexity index is 732. The van der Waals surface area contributed by atoms with Gasteiger partial charge in [0.1, 0.15) is 10.9 Å². The summed E-state index contributed by atoms with van der Waals surface area (Å²) >= 11 is 11.7. The van der Waals surface area contributed by atoms with Crippen molar-refractivity contribution in [2.45, 2.75) is 24.8 Å². The lowest BCUT2D eigenvalue weighted by Gasteiger charge is -2.19. The maximum absolute atomic E-state index is 12.5. The molecule has 128 valence electrons. The number of aliphatic carboxylic acids is 1. The Kier molecular flexibility index (Phi) is 6.41. The number of hydrogen-bond donors (Lipinski definition) is 2. The van der Waals surface area contributed by atoms with Crippen LogP contribution in [0.4, 0.5) is 0 Å². The number of carbonyl (C=O) groups is 2. The van der Waals surface area contributed by atoms with E-state index in [2.05, 4.69) is 4.74 Å². The van der Waals surface area contributed by atoms with Gasteiger partial charge in [-0.2, -0.15) is 4.72 Å². The summed E-state index contributed by atoms with van der Waals surface area (Å²) in [7, 11) is -3.34. The molecule has 1 aromatic carbocycles. The molecule has 0 bridgehead atoms. The number of methoxy groups -OCH3 is 1. The van der Waals surface area contributed by atoms with Crippen LogP contribution in [0.5, 0.6) is 0 Å². The third kappa shape index (κ3) is 4.57. The monoisotopic (exact) mass is 383 g/mol. The Morgan fingerprint density at radius 3 is 2.26 bits per heavy atom. The number of nitrogens with one attached hydrogen (secondary N) is 1. The van der Waals surface area contributed by atoms with Crippen molar-refractivity contribution in [3.05, 3.63) is 27.7 Å². The Morgan fingerprint density at radius 2 is 1.83 bits per heavy atom. The van der Waals surface area contributed by atoms with Crippen LogP contribution in [-0.2, 0) is 19.6 Å². The van der Waals surface area contributed by atoms with Gasteiger partial charge < -0.3 is 9.84 Å². The van der Waals surface area contributed by atoms with Gasteiger partial charge in [0.05, 0.1) is 17.7 Å². The summed E-state index contributed by atoms with van der Waals surface area (Å²) in [6, 6.07) is 0.825. The standard InChI is InChI=1S/C13H15Cl2NO6S/c1-6(2)10(12(17)18)16-23(20,21)11-8(13(19)22-3)4-7(14)5-9(11)15/h4-6,10,16H,1-3H3,(H,17,18)/t10-/m0/s1. The molecule has 10 heteroatoms. The maximum Gasteiger partial charge on any atom is 0.339 e. The van der Waals surface area contributed by atoms with Gasteiger partial charge in [-0.3, -0.25) is 4.79 Å². The van der Waals surface area contributed by atoms with Crippen LogP contribution in [0.25, 0.3) is 0 Å². The fourth-order valence-electron chi connectivity index (χ4n) is 1.79. The zero-order valence-corrected chi connectivity index (χ0v) is 14.8. The minimum Gasteiger partial charge on any atom is -0.480 e. The van der Waals surface area contributed by atoms with E-state index >= 15 is 0 Å². The predicted octanol–water partition coefficient (Wildman–Crippen LogP) is 2.17. The SMILES string of the molecule is COC(=O)c1cc(Cl)cc(Cl)c1S(=O)(=O)N[C@H](C(=O)O)C(C)C. The highest BCUT2D eigenvalue weighted by Gasteiger charge is 2.33. The molecular formula is C13H15Cl2NO6S. The van der Waals surface area contributed by atoms with Crippen molar-refractivity contribution in [1.82, 2.24) is 4.72 Å². The first-order valence-electron chi connectivity index (χ1n) is 6.33. The molecule has 0 aliphatic rings. The average Bonchev–Trinajstić information content (AvgIpc) is 2.41. The third-order valence-corrected chi connectivity index (χ3v) is 5.07. The second-order valence-electron chi connectivity index (χ2n) is 4.94. The molecule has 0 saturated carbocycles. The van der Waals surface area contributed by atoms with E-state index in [1.165, 1.54) is 13.8 Å². The van der Waals surface area contributed by atoms with Gasteiger partial charge in [-0.15, -0.1) is 0 Å². The number of ether oxygens (including phenoxy) is 1. The molecule has 1 atom stereocenters. The molecule has 1 aromatic rings. The van der Waals surface area contributed by atoms with Crippen molar-refractivity contribution >= 4 is 45.2 Å². The second kappa shape index (κ2) is 7.48. The van der Waals surface area contributed by atoms with E-state index in [0.29, 0.717) is 0 Å². The first-order chi connectivity index (χ1) is 10.5. The van der Waals surface area contributed by atoms with E-state index in [9.17, 15) is 18.0 Å². The van der Waals surface area contributed by atoms with E-state index in [1.807, 2.05) is 4.72 Å².